The maximum absolute atomic E-state index is 12.1. The van der Waals surface area contributed by atoms with Crippen LogP contribution in [-0.4, -0.2) is 34.6 Å². The summed E-state index contributed by atoms with van der Waals surface area (Å²) in [7, 11) is 1.72. The summed E-state index contributed by atoms with van der Waals surface area (Å²) in [6, 6.07) is 10.6. The lowest BCUT2D eigenvalue weighted by molar-refractivity contribution is -0.134. The molecule has 1 amide bonds. The summed E-state index contributed by atoms with van der Waals surface area (Å²) in [5, 5.41) is 0.609. The van der Waals surface area contributed by atoms with Crippen LogP contribution < -0.4 is 10.3 Å². The Morgan fingerprint density at radius 1 is 1.28 bits per heavy atom. The molecule has 0 saturated carbocycles. The van der Waals surface area contributed by atoms with E-state index in [9.17, 15) is 9.59 Å². The van der Waals surface area contributed by atoms with E-state index in [-0.39, 0.29) is 17.6 Å². The molecule has 0 atom stereocenters. The summed E-state index contributed by atoms with van der Waals surface area (Å²) in [5.74, 6) is 0.462. The van der Waals surface area contributed by atoms with Crippen LogP contribution in [0.4, 0.5) is 0 Å². The fraction of sp³-hybridized carbons (Fsp3) is 0.263. The number of hydrogen-bond donors (Lipinski definition) is 0. The number of aromatic nitrogens is 1. The third-order valence-electron chi connectivity index (χ3n) is 4.25. The first-order valence-electron chi connectivity index (χ1n) is 8.00. The summed E-state index contributed by atoms with van der Waals surface area (Å²) >= 11 is 6.06. The van der Waals surface area contributed by atoms with E-state index < -0.39 is 0 Å². The van der Waals surface area contributed by atoms with E-state index >= 15 is 0 Å². The first kappa shape index (κ1) is 17.3. The number of ether oxygens (including phenoxy) is 1. The molecule has 1 fully saturated rings. The van der Waals surface area contributed by atoms with Crippen molar-refractivity contribution >= 4 is 23.6 Å². The van der Waals surface area contributed by atoms with Crippen LogP contribution in [0.15, 0.2) is 47.3 Å². The molecule has 0 radical (unpaired) electrons. The predicted molar refractivity (Wildman–Crippen MR) is 97.9 cm³/mol. The van der Waals surface area contributed by atoms with Crippen LogP contribution >= 0.6 is 11.6 Å². The number of nitrogens with zero attached hydrogens (tertiary/aromatic N) is 2. The fourth-order valence-electron chi connectivity index (χ4n) is 2.57. The van der Waals surface area contributed by atoms with Crippen molar-refractivity contribution in [2.24, 2.45) is 7.05 Å². The fourth-order valence-corrected chi connectivity index (χ4v) is 2.77. The van der Waals surface area contributed by atoms with Crippen LogP contribution in [0.25, 0.3) is 6.08 Å². The van der Waals surface area contributed by atoms with Crippen LogP contribution in [0.3, 0.4) is 0 Å². The van der Waals surface area contributed by atoms with Gasteiger partial charge in [-0.05, 0) is 30.7 Å². The van der Waals surface area contributed by atoms with E-state index in [1.165, 1.54) is 12.1 Å². The van der Waals surface area contributed by atoms with Gasteiger partial charge in [0.05, 0.1) is 13.1 Å². The molecule has 0 aliphatic carbocycles. The topological polar surface area (TPSA) is 51.5 Å². The van der Waals surface area contributed by atoms with Crippen molar-refractivity contribution in [2.75, 3.05) is 13.1 Å². The molecule has 2 heterocycles. The summed E-state index contributed by atoms with van der Waals surface area (Å²) in [6.45, 7) is 2.85. The maximum atomic E-state index is 12.1. The Balaban J connectivity index is 1.55. The van der Waals surface area contributed by atoms with Gasteiger partial charge < -0.3 is 14.2 Å². The minimum Gasteiger partial charge on any atom is -0.486 e. The standard InChI is InChI=1S/C19H19ClN2O3/c1-13-9-15(10-19(24)21(13)2)25-16-11-22(12-16)18(23)8-7-14-5-3-4-6-17(14)20/h3-10,16H,11-12H2,1-2H3/b8-7+. The highest BCUT2D eigenvalue weighted by Crippen LogP contribution is 2.19. The first-order valence-corrected chi connectivity index (χ1v) is 8.37. The normalized spacial score (nSPS) is 14.6. The van der Waals surface area contributed by atoms with Crippen LogP contribution in [0, 0.1) is 6.92 Å². The Labute approximate surface area is 151 Å². The highest BCUT2D eigenvalue weighted by molar-refractivity contribution is 6.32. The molecule has 0 spiro atoms. The van der Waals surface area contributed by atoms with E-state index in [1.54, 1.807) is 28.7 Å². The molecule has 1 aromatic carbocycles. The number of carbonyl (C=O) groups excluding carboxylic acids is 1. The lowest BCUT2D eigenvalue weighted by atomic mass is 10.1. The highest BCUT2D eigenvalue weighted by atomic mass is 35.5. The minimum absolute atomic E-state index is 0.0834. The second-order valence-electron chi connectivity index (χ2n) is 6.07. The number of amides is 1. The Kier molecular flexibility index (Phi) is 4.95. The second kappa shape index (κ2) is 7.15. The predicted octanol–water partition coefficient (Wildman–Crippen LogP) is 2.65. The molecule has 5 nitrogen and oxygen atoms in total. The summed E-state index contributed by atoms with van der Waals surface area (Å²) < 4.78 is 7.34. The van der Waals surface area contributed by atoms with Crippen LogP contribution in [0.5, 0.6) is 5.75 Å². The SMILES string of the molecule is Cc1cc(OC2CN(C(=O)/C=C/c3ccccc3Cl)C2)cc(=O)n1C. The number of halogens is 1. The Hall–Kier alpha value is -2.53. The zero-order valence-electron chi connectivity index (χ0n) is 14.1. The zero-order chi connectivity index (χ0) is 18.0. The number of likely N-dealkylation sites (tertiary alicyclic amines) is 1. The van der Waals surface area contributed by atoms with Crippen molar-refractivity contribution in [3.8, 4) is 5.75 Å². The molecular weight excluding hydrogens is 340 g/mol. The second-order valence-corrected chi connectivity index (χ2v) is 6.47. The molecule has 1 saturated heterocycles. The van der Waals surface area contributed by atoms with E-state index in [1.807, 2.05) is 31.2 Å². The van der Waals surface area contributed by atoms with Crippen LogP contribution in [0.1, 0.15) is 11.3 Å². The molecular formula is C19H19ClN2O3. The highest BCUT2D eigenvalue weighted by Gasteiger charge is 2.31. The van der Waals surface area contributed by atoms with Crippen molar-refractivity contribution < 1.29 is 9.53 Å². The smallest absolute Gasteiger partial charge is 0.254 e. The van der Waals surface area contributed by atoms with Gasteiger partial charge in [0.25, 0.3) is 5.56 Å². The number of pyridine rings is 1. The van der Waals surface area contributed by atoms with Crippen LogP contribution in [0.2, 0.25) is 5.02 Å². The van der Waals surface area contributed by atoms with Crippen molar-refractivity contribution in [3.05, 3.63) is 69.1 Å². The molecule has 3 rings (SSSR count). The van der Waals surface area contributed by atoms with Gasteiger partial charge >= 0.3 is 0 Å². The lowest BCUT2D eigenvalue weighted by Gasteiger charge is -2.38. The molecule has 0 unspecified atom stereocenters. The largest absolute Gasteiger partial charge is 0.486 e. The van der Waals surface area contributed by atoms with Gasteiger partial charge in [-0.25, -0.2) is 0 Å². The van der Waals surface area contributed by atoms with Crippen LogP contribution in [-0.2, 0) is 11.8 Å². The number of carbonyl (C=O) groups is 1. The molecule has 1 aromatic heterocycles. The Morgan fingerprint density at radius 3 is 2.68 bits per heavy atom. The number of rotatable bonds is 4. The van der Waals surface area contributed by atoms with Crippen molar-refractivity contribution in [3.63, 3.8) is 0 Å². The number of hydrogen-bond acceptors (Lipinski definition) is 3. The molecule has 0 N–H and O–H groups in total. The third kappa shape index (κ3) is 3.94. The van der Waals surface area contributed by atoms with E-state index in [2.05, 4.69) is 0 Å². The molecule has 1 aliphatic heterocycles. The van der Waals surface area contributed by atoms with Crippen molar-refractivity contribution in [2.45, 2.75) is 13.0 Å². The Bertz CT molecular complexity index is 882. The molecule has 2 aromatic rings. The van der Waals surface area contributed by atoms with Gasteiger partial charge in [-0.3, -0.25) is 9.59 Å². The quantitative estimate of drug-likeness (QED) is 0.789. The van der Waals surface area contributed by atoms with E-state index in [4.69, 9.17) is 16.3 Å². The molecule has 25 heavy (non-hydrogen) atoms. The molecule has 1 aliphatic rings. The van der Waals surface area contributed by atoms with E-state index in [0.717, 1.165) is 11.3 Å². The molecule has 0 bridgehead atoms. The summed E-state index contributed by atoms with van der Waals surface area (Å²) in [6.07, 6.45) is 3.13. The van der Waals surface area contributed by atoms with Gasteiger partial charge in [0.1, 0.15) is 11.9 Å². The minimum atomic E-state index is -0.107. The summed E-state index contributed by atoms with van der Waals surface area (Å²) in [5.41, 5.74) is 1.53. The molecule has 130 valence electrons. The third-order valence-corrected chi connectivity index (χ3v) is 4.59. The van der Waals surface area contributed by atoms with Crippen molar-refractivity contribution in [1.29, 1.82) is 0 Å². The first-order chi connectivity index (χ1) is 11.9. The lowest BCUT2D eigenvalue weighted by Crippen LogP contribution is -2.55. The van der Waals surface area contributed by atoms with Gasteiger partial charge in [-0.15, -0.1) is 0 Å². The molecule has 6 heteroatoms. The number of benzene rings is 1. The van der Waals surface area contributed by atoms with Gasteiger partial charge in [0, 0.05) is 29.9 Å². The van der Waals surface area contributed by atoms with Gasteiger partial charge in [0.15, 0.2) is 0 Å². The summed E-state index contributed by atoms with van der Waals surface area (Å²) in [4.78, 5) is 25.6. The number of aryl methyl sites for hydroxylation is 1. The average molecular weight is 359 g/mol. The zero-order valence-corrected chi connectivity index (χ0v) is 14.9. The Morgan fingerprint density at radius 2 is 2.00 bits per heavy atom. The van der Waals surface area contributed by atoms with Gasteiger partial charge in [-0.1, -0.05) is 29.8 Å². The van der Waals surface area contributed by atoms with Gasteiger partial charge in [0.2, 0.25) is 5.91 Å². The maximum Gasteiger partial charge on any atom is 0.254 e. The van der Waals surface area contributed by atoms with E-state index in [0.29, 0.717) is 23.9 Å². The van der Waals surface area contributed by atoms with Crippen molar-refractivity contribution in [1.82, 2.24) is 9.47 Å². The monoisotopic (exact) mass is 358 g/mol. The average Bonchev–Trinajstić information content (AvgIpc) is 2.54. The van der Waals surface area contributed by atoms with Gasteiger partial charge in [-0.2, -0.15) is 0 Å².